The zero-order chi connectivity index (χ0) is 10.8. The molecular formula is C12H21NO. The van der Waals surface area contributed by atoms with E-state index in [1.165, 1.54) is 6.42 Å². The van der Waals surface area contributed by atoms with Crippen LogP contribution in [0.5, 0.6) is 0 Å². The van der Waals surface area contributed by atoms with Gasteiger partial charge in [0.15, 0.2) is 0 Å². The summed E-state index contributed by atoms with van der Waals surface area (Å²) in [4.78, 5) is 0. The van der Waals surface area contributed by atoms with Crippen molar-refractivity contribution >= 4 is 0 Å². The van der Waals surface area contributed by atoms with Gasteiger partial charge in [0.1, 0.15) is 0 Å². The van der Waals surface area contributed by atoms with Gasteiger partial charge in [-0.2, -0.15) is 5.26 Å². The largest absolute Gasteiger partial charge is 0.391 e. The Morgan fingerprint density at radius 2 is 1.71 bits per heavy atom. The van der Waals surface area contributed by atoms with E-state index in [1.54, 1.807) is 0 Å². The lowest BCUT2D eigenvalue weighted by Crippen LogP contribution is -2.44. The molecule has 0 radical (unpaired) electrons. The van der Waals surface area contributed by atoms with Gasteiger partial charge >= 0.3 is 0 Å². The topological polar surface area (TPSA) is 44.0 Å². The van der Waals surface area contributed by atoms with E-state index in [9.17, 15) is 10.4 Å². The van der Waals surface area contributed by atoms with Crippen molar-refractivity contribution in [3.63, 3.8) is 0 Å². The number of aliphatic hydroxyl groups is 1. The maximum absolute atomic E-state index is 10.2. The molecule has 0 heterocycles. The molecule has 14 heavy (non-hydrogen) atoms. The van der Waals surface area contributed by atoms with Crippen molar-refractivity contribution in [1.29, 1.82) is 5.26 Å². The molecule has 80 valence electrons. The van der Waals surface area contributed by atoms with E-state index >= 15 is 0 Å². The predicted molar refractivity (Wildman–Crippen MR) is 56.6 cm³/mol. The second-order valence-corrected chi connectivity index (χ2v) is 5.60. The Morgan fingerprint density at radius 1 is 1.21 bits per heavy atom. The summed E-state index contributed by atoms with van der Waals surface area (Å²) in [7, 11) is 0. The Hall–Kier alpha value is -0.550. The molecule has 1 fully saturated rings. The Kier molecular flexibility index (Phi) is 3.21. The molecule has 0 aromatic carbocycles. The SMILES string of the molecule is CC(C)(C)C(O)C1(C#N)CCCCC1. The van der Waals surface area contributed by atoms with Gasteiger partial charge in [0.05, 0.1) is 17.6 Å². The first kappa shape index (κ1) is 11.5. The van der Waals surface area contributed by atoms with Crippen LogP contribution >= 0.6 is 0 Å². The zero-order valence-corrected chi connectivity index (χ0v) is 9.51. The fraction of sp³-hybridized carbons (Fsp3) is 0.917. The van der Waals surface area contributed by atoms with E-state index in [0.29, 0.717) is 0 Å². The van der Waals surface area contributed by atoms with Crippen LogP contribution in [0.25, 0.3) is 0 Å². The van der Waals surface area contributed by atoms with Crippen LogP contribution in [0.2, 0.25) is 0 Å². The smallest absolute Gasteiger partial charge is 0.0837 e. The van der Waals surface area contributed by atoms with Crippen molar-refractivity contribution in [3.05, 3.63) is 0 Å². The molecule has 1 atom stereocenters. The highest BCUT2D eigenvalue weighted by molar-refractivity contribution is 5.07. The predicted octanol–water partition coefficient (Wildman–Crippen LogP) is 2.87. The molecule has 1 aliphatic carbocycles. The van der Waals surface area contributed by atoms with Gasteiger partial charge in [0.2, 0.25) is 0 Å². The summed E-state index contributed by atoms with van der Waals surface area (Å²) >= 11 is 0. The van der Waals surface area contributed by atoms with Gasteiger partial charge in [-0.05, 0) is 18.3 Å². The summed E-state index contributed by atoms with van der Waals surface area (Å²) in [5.74, 6) is 0. The minimum absolute atomic E-state index is 0.187. The molecule has 1 saturated carbocycles. The minimum Gasteiger partial charge on any atom is -0.391 e. The Bertz CT molecular complexity index is 228. The van der Waals surface area contributed by atoms with Crippen LogP contribution in [0.3, 0.4) is 0 Å². The highest BCUT2D eigenvalue weighted by Crippen LogP contribution is 2.44. The van der Waals surface area contributed by atoms with Crippen LogP contribution in [0.1, 0.15) is 52.9 Å². The summed E-state index contributed by atoms with van der Waals surface area (Å²) in [5.41, 5.74) is -0.663. The third-order valence-corrected chi connectivity index (χ3v) is 3.31. The molecule has 1 N–H and O–H groups in total. The van der Waals surface area contributed by atoms with Gasteiger partial charge in [0.25, 0.3) is 0 Å². The van der Waals surface area contributed by atoms with E-state index < -0.39 is 11.5 Å². The van der Waals surface area contributed by atoms with Crippen LogP contribution in [0, 0.1) is 22.2 Å². The molecule has 1 aliphatic rings. The molecule has 0 amide bonds. The van der Waals surface area contributed by atoms with Crippen LogP contribution in [0.4, 0.5) is 0 Å². The van der Waals surface area contributed by atoms with Gasteiger partial charge in [-0.25, -0.2) is 0 Å². The van der Waals surface area contributed by atoms with Crippen LogP contribution in [-0.4, -0.2) is 11.2 Å². The second-order valence-electron chi connectivity index (χ2n) is 5.60. The van der Waals surface area contributed by atoms with E-state index in [0.717, 1.165) is 25.7 Å². The van der Waals surface area contributed by atoms with Crippen molar-refractivity contribution in [1.82, 2.24) is 0 Å². The van der Waals surface area contributed by atoms with E-state index in [2.05, 4.69) is 6.07 Å². The minimum atomic E-state index is -0.500. The zero-order valence-electron chi connectivity index (χ0n) is 9.51. The van der Waals surface area contributed by atoms with Crippen molar-refractivity contribution in [2.24, 2.45) is 10.8 Å². The third-order valence-electron chi connectivity index (χ3n) is 3.31. The summed E-state index contributed by atoms with van der Waals surface area (Å²) in [5, 5.41) is 19.5. The van der Waals surface area contributed by atoms with Gasteiger partial charge < -0.3 is 5.11 Å². The number of aliphatic hydroxyl groups excluding tert-OH is 1. The summed E-state index contributed by atoms with van der Waals surface area (Å²) in [6.45, 7) is 6.02. The number of hydrogen-bond donors (Lipinski definition) is 1. The molecule has 0 aromatic rings. The molecule has 0 aliphatic heterocycles. The highest BCUT2D eigenvalue weighted by atomic mass is 16.3. The summed E-state index contributed by atoms with van der Waals surface area (Å²) in [6.07, 6.45) is 4.60. The monoisotopic (exact) mass is 195 g/mol. The molecular weight excluding hydrogens is 174 g/mol. The first-order valence-electron chi connectivity index (χ1n) is 5.52. The lowest BCUT2D eigenvalue weighted by molar-refractivity contribution is -0.0386. The third kappa shape index (κ3) is 2.09. The molecule has 0 saturated heterocycles. The van der Waals surface area contributed by atoms with Crippen molar-refractivity contribution in [2.45, 2.75) is 59.0 Å². The highest BCUT2D eigenvalue weighted by Gasteiger charge is 2.44. The van der Waals surface area contributed by atoms with Crippen LogP contribution in [0.15, 0.2) is 0 Å². The summed E-state index contributed by atoms with van der Waals surface area (Å²) in [6, 6.07) is 2.37. The normalized spacial score (nSPS) is 23.9. The lowest BCUT2D eigenvalue weighted by Gasteiger charge is -2.41. The Morgan fingerprint density at radius 3 is 2.07 bits per heavy atom. The first-order chi connectivity index (χ1) is 6.42. The second kappa shape index (κ2) is 3.90. The molecule has 2 nitrogen and oxygen atoms in total. The van der Waals surface area contributed by atoms with E-state index in [1.807, 2.05) is 20.8 Å². The van der Waals surface area contributed by atoms with Gasteiger partial charge in [0, 0.05) is 0 Å². The maximum atomic E-state index is 10.2. The fourth-order valence-corrected chi connectivity index (χ4v) is 2.46. The van der Waals surface area contributed by atoms with E-state index in [-0.39, 0.29) is 5.41 Å². The molecule has 0 aromatic heterocycles. The van der Waals surface area contributed by atoms with E-state index in [4.69, 9.17) is 0 Å². The first-order valence-corrected chi connectivity index (χ1v) is 5.52. The molecule has 0 bridgehead atoms. The number of rotatable bonds is 1. The average molecular weight is 195 g/mol. The lowest BCUT2D eigenvalue weighted by atomic mass is 9.64. The number of nitriles is 1. The number of hydrogen-bond acceptors (Lipinski definition) is 2. The van der Waals surface area contributed by atoms with Gasteiger partial charge in [-0.3, -0.25) is 0 Å². The Balaban J connectivity index is 2.84. The maximum Gasteiger partial charge on any atom is 0.0837 e. The summed E-state index contributed by atoms with van der Waals surface area (Å²) < 4.78 is 0. The average Bonchev–Trinajstić information content (AvgIpc) is 2.16. The van der Waals surface area contributed by atoms with Gasteiger partial charge in [-0.1, -0.05) is 40.0 Å². The van der Waals surface area contributed by atoms with Gasteiger partial charge in [-0.15, -0.1) is 0 Å². The Labute approximate surface area is 86.9 Å². The molecule has 1 unspecified atom stereocenters. The number of nitrogens with zero attached hydrogens (tertiary/aromatic N) is 1. The van der Waals surface area contributed by atoms with Crippen molar-refractivity contribution < 1.29 is 5.11 Å². The van der Waals surface area contributed by atoms with Crippen molar-refractivity contribution in [3.8, 4) is 6.07 Å². The fourth-order valence-electron chi connectivity index (χ4n) is 2.46. The van der Waals surface area contributed by atoms with Crippen LogP contribution in [-0.2, 0) is 0 Å². The molecule has 2 heteroatoms. The van der Waals surface area contributed by atoms with Crippen LogP contribution < -0.4 is 0 Å². The molecule has 0 spiro atoms. The van der Waals surface area contributed by atoms with Crippen molar-refractivity contribution in [2.75, 3.05) is 0 Å². The molecule has 1 rings (SSSR count). The standard InChI is InChI=1S/C12H21NO/c1-11(2,3)10(14)12(9-13)7-5-4-6-8-12/h10,14H,4-8H2,1-3H3. The quantitative estimate of drug-likeness (QED) is 0.699.